The van der Waals surface area contributed by atoms with Gasteiger partial charge in [-0.1, -0.05) is 53.7 Å². The fourth-order valence-electron chi connectivity index (χ4n) is 3.15. The van der Waals surface area contributed by atoms with E-state index in [1.165, 1.54) is 0 Å². The fourth-order valence-corrected chi connectivity index (χ4v) is 4.27. The number of benzene rings is 1. The molecular formula is C22H29Br2NO2. The number of ketones is 1. The van der Waals surface area contributed by atoms with Gasteiger partial charge in [0.05, 0.1) is 14.6 Å². The van der Waals surface area contributed by atoms with Crippen LogP contribution in [0.25, 0.3) is 0 Å². The third-order valence-corrected chi connectivity index (χ3v) is 6.93. The highest BCUT2D eigenvalue weighted by atomic mass is 79.9. The Morgan fingerprint density at radius 2 is 1.52 bits per heavy atom. The zero-order valence-electron chi connectivity index (χ0n) is 17.2. The minimum absolute atomic E-state index is 0.0557. The first kappa shape index (κ1) is 22.2. The molecule has 0 atom stereocenters. The zero-order chi connectivity index (χ0) is 20.7. The number of halogens is 2. The molecule has 148 valence electrons. The lowest BCUT2D eigenvalue weighted by molar-refractivity contribution is 0.0992. The zero-order valence-corrected chi connectivity index (χ0v) is 20.4. The Morgan fingerprint density at radius 3 is 1.89 bits per heavy atom. The van der Waals surface area contributed by atoms with Crippen LogP contribution in [0.2, 0.25) is 0 Å². The second-order valence-electron chi connectivity index (χ2n) is 9.07. The Kier molecular flexibility index (Phi) is 6.38. The Labute approximate surface area is 179 Å². The molecule has 0 aliphatic heterocycles. The van der Waals surface area contributed by atoms with Crippen molar-refractivity contribution in [3.63, 3.8) is 0 Å². The molecule has 0 unspecified atom stereocenters. The standard InChI is InChI=1S/C22H29Br2NO2/c1-8-25-12-14(18(23)20(25)24)17(26)11-13-9-15(21(2,3)4)19(27)16(10-13)22(5,6)7/h9-10,12,27H,8,11H2,1-7H3. The van der Waals surface area contributed by atoms with Crippen LogP contribution >= 0.6 is 31.9 Å². The van der Waals surface area contributed by atoms with Crippen LogP contribution in [-0.2, 0) is 23.8 Å². The summed E-state index contributed by atoms with van der Waals surface area (Å²) in [7, 11) is 0. The summed E-state index contributed by atoms with van der Waals surface area (Å²) in [6.45, 7) is 15.3. The van der Waals surface area contributed by atoms with Crippen molar-refractivity contribution in [1.29, 1.82) is 0 Å². The van der Waals surface area contributed by atoms with Crippen molar-refractivity contribution < 1.29 is 9.90 Å². The maximum atomic E-state index is 13.0. The Balaban J connectivity index is 2.51. The van der Waals surface area contributed by atoms with Crippen LogP contribution < -0.4 is 0 Å². The smallest absolute Gasteiger partial charge is 0.169 e. The summed E-state index contributed by atoms with van der Waals surface area (Å²) in [6.07, 6.45) is 2.18. The number of hydrogen-bond donors (Lipinski definition) is 1. The Hall–Kier alpha value is -1.07. The first-order chi connectivity index (χ1) is 12.3. The topological polar surface area (TPSA) is 42.2 Å². The van der Waals surface area contributed by atoms with Gasteiger partial charge in [-0.2, -0.15) is 0 Å². The molecule has 1 heterocycles. The molecule has 0 saturated carbocycles. The van der Waals surface area contributed by atoms with Crippen LogP contribution in [0.1, 0.15) is 75.5 Å². The van der Waals surface area contributed by atoms with Crippen molar-refractivity contribution in [2.24, 2.45) is 0 Å². The number of carbonyl (C=O) groups excluding carboxylic acids is 1. The van der Waals surface area contributed by atoms with Crippen LogP contribution in [0.15, 0.2) is 27.4 Å². The summed E-state index contributed by atoms with van der Waals surface area (Å²) in [5.74, 6) is 0.396. The number of phenolic OH excluding ortho intramolecular Hbond substituents is 1. The van der Waals surface area contributed by atoms with Gasteiger partial charge in [-0.05, 0) is 66.3 Å². The lowest BCUT2D eigenvalue weighted by atomic mass is 9.78. The summed E-state index contributed by atoms with van der Waals surface area (Å²) >= 11 is 7.06. The normalized spacial score (nSPS) is 12.5. The number of phenols is 1. The van der Waals surface area contributed by atoms with Crippen molar-refractivity contribution in [2.75, 3.05) is 0 Å². The van der Waals surface area contributed by atoms with Gasteiger partial charge in [0, 0.05) is 19.2 Å². The number of rotatable bonds is 4. The van der Waals surface area contributed by atoms with E-state index in [0.717, 1.165) is 32.3 Å². The van der Waals surface area contributed by atoms with Gasteiger partial charge in [0.15, 0.2) is 5.78 Å². The molecule has 0 bridgehead atoms. The van der Waals surface area contributed by atoms with Gasteiger partial charge in [0.2, 0.25) is 0 Å². The van der Waals surface area contributed by atoms with E-state index < -0.39 is 0 Å². The second kappa shape index (κ2) is 7.75. The molecule has 0 saturated heterocycles. The molecule has 0 amide bonds. The van der Waals surface area contributed by atoms with Crippen molar-refractivity contribution in [1.82, 2.24) is 4.57 Å². The number of aryl methyl sites for hydroxylation is 1. The third-order valence-electron chi connectivity index (χ3n) is 4.75. The molecule has 27 heavy (non-hydrogen) atoms. The number of aromatic hydroxyl groups is 1. The van der Waals surface area contributed by atoms with E-state index in [9.17, 15) is 9.90 Å². The minimum atomic E-state index is -0.210. The van der Waals surface area contributed by atoms with E-state index in [0.29, 0.717) is 17.7 Å². The minimum Gasteiger partial charge on any atom is -0.507 e. The SMILES string of the molecule is CCn1cc(C(=O)Cc2cc(C(C)(C)C)c(O)c(C(C)(C)C)c2)c(Br)c1Br. The van der Waals surface area contributed by atoms with Crippen molar-refractivity contribution in [3.8, 4) is 5.75 Å². The number of nitrogens with zero attached hydrogens (tertiary/aromatic N) is 1. The molecule has 5 heteroatoms. The average Bonchev–Trinajstić information content (AvgIpc) is 2.82. The van der Waals surface area contributed by atoms with Gasteiger partial charge in [-0.25, -0.2) is 0 Å². The van der Waals surface area contributed by atoms with Gasteiger partial charge in [-0.3, -0.25) is 4.79 Å². The van der Waals surface area contributed by atoms with Gasteiger partial charge in [0.1, 0.15) is 5.75 Å². The molecule has 2 aromatic rings. The largest absolute Gasteiger partial charge is 0.507 e. The second-order valence-corrected chi connectivity index (χ2v) is 10.6. The summed E-state index contributed by atoms with van der Waals surface area (Å²) in [5.41, 5.74) is 2.94. The average molecular weight is 499 g/mol. The predicted octanol–water partition coefficient (Wildman–Crippen LogP) is 6.76. The highest BCUT2D eigenvalue weighted by molar-refractivity contribution is 9.13. The monoisotopic (exact) mass is 497 g/mol. The molecule has 0 radical (unpaired) electrons. The molecule has 0 fully saturated rings. The van der Waals surface area contributed by atoms with Crippen molar-refractivity contribution >= 4 is 37.6 Å². The first-order valence-corrected chi connectivity index (χ1v) is 10.8. The molecule has 1 aromatic heterocycles. The maximum Gasteiger partial charge on any atom is 0.169 e. The van der Waals surface area contributed by atoms with E-state index in [2.05, 4.69) is 73.4 Å². The lowest BCUT2D eigenvalue weighted by Crippen LogP contribution is -2.18. The molecule has 0 aliphatic rings. The van der Waals surface area contributed by atoms with Crippen molar-refractivity contribution in [2.45, 2.75) is 72.3 Å². The summed E-state index contributed by atoms with van der Waals surface area (Å²) in [6, 6.07) is 3.95. The number of Topliss-reactive ketones (excluding diaryl/α,β-unsaturated/α-hetero) is 1. The quantitative estimate of drug-likeness (QED) is 0.473. The van der Waals surface area contributed by atoms with Gasteiger partial charge >= 0.3 is 0 Å². The highest BCUT2D eigenvalue weighted by Gasteiger charge is 2.27. The van der Waals surface area contributed by atoms with E-state index in [-0.39, 0.29) is 16.6 Å². The molecule has 2 rings (SSSR count). The number of aromatic nitrogens is 1. The third kappa shape index (κ3) is 4.68. The summed E-state index contributed by atoms with van der Waals surface area (Å²) in [5, 5.41) is 10.8. The fraction of sp³-hybridized carbons (Fsp3) is 0.500. The molecule has 1 aromatic carbocycles. The summed E-state index contributed by atoms with van der Waals surface area (Å²) in [4.78, 5) is 13.0. The van der Waals surface area contributed by atoms with E-state index >= 15 is 0 Å². The molecule has 0 aliphatic carbocycles. The number of hydrogen-bond acceptors (Lipinski definition) is 2. The van der Waals surface area contributed by atoms with Crippen molar-refractivity contribution in [3.05, 3.63) is 49.7 Å². The van der Waals surface area contributed by atoms with Gasteiger partial charge in [-0.15, -0.1) is 0 Å². The lowest BCUT2D eigenvalue weighted by Gasteiger charge is -2.28. The molecular weight excluding hydrogens is 470 g/mol. The maximum absolute atomic E-state index is 13.0. The highest BCUT2D eigenvalue weighted by Crippen LogP contribution is 2.40. The van der Waals surface area contributed by atoms with Crippen LogP contribution in [0.3, 0.4) is 0 Å². The first-order valence-electron chi connectivity index (χ1n) is 9.21. The van der Waals surface area contributed by atoms with Gasteiger partial charge < -0.3 is 9.67 Å². The molecule has 3 nitrogen and oxygen atoms in total. The Morgan fingerprint density at radius 1 is 1.04 bits per heavy atom. The Bertz CT molecular complexity index is 833. The summed E-state index contributed by atoms with van der Waals surface area (Å²) < 4.78 is 3.67. The number of carbonyl (C=O) groups is 1. The molecule has 0 spiro atoms. The molecule has 1 N–H and O–H groups in total. The van der Waals surface area contributed by atoms with E-state index in [1.807, 2.05) is 29.8 Å². The van der Waals surface area contributed by atoms with E-state index in [4.69, 9.17) is 0 Å². The van der Waals surface area contributed by atoms with E-state index in [1.54, 1.807) is 0 Å². The van der Waals surface area contributed by atoms with Crippen LogP contribution in [0.5, 0.6) is 5.75 Å². The van der Waals surface area contributed by atoms with Crippen LogP contribution in [-0.4, -0.2) is 15.5 Å². The van der Waals surface area contributed by atoms with Gasteiger partial charge in [0.25, 0.3) is 0 Å². The van der Waals surface area contributed by atoms with Crippen LogP contribution in [0, 0.1) is 0 Å². The van der Waals surface area contributed by atoms with Crippen LogP contribution in [0.4, 0.5) is 0 Å². The predicted molar refractivity (Wildman–Crippen MR) is 119 cm³/mol.